The Morgan fingerprint density at radius 1 is 1.03 bits per heavy atom. The fourth-order valence-corrected chi connectivity index (χ4v) is 5.76. The molecule has 1 fully saturated rings. The second-order valence-corrected chi connectivity index (χ2v) is 9.92. The molecule has 1 amide bonds. The van der Waals surface area contributed by atoms with Gasteiger partial charge in [0, 0.05) is 31.6 Å². The number of anilines is 1. The number of piperidine rings is 1. The highest BCUT2D eigenvalue weighted by atomic mass is 32.2. The van der Waals surface area contributed by atoms with E-state index in [4.69, 9.17) is 0 Å². The summed E-state index contributed by atoms with van der Waals surface area (Å²) < 4.78 is 55.1. The molecule has 1 saturated heterocycles. The third-order valence-electron chi connectivity index (χ3n) is 5.93. The molecule has 8 heteroatoms. The lowest BCUT2D eigenvalue weighted by Crippen LogP contribution is -2.46. The lowest BCUT2D eigenvalue weighted by molar-refractivity contribution is -0.123. The van der Waals surface area contributed by atoms with Crippen LogP contribution in [-0.2, 0) is 21.2 Å². The van der Waals surface area contributed by atoms with Crippen LogP contribution in [0, 0.1) is 24.5 Å². The van der Waals surface area contributed by atoms with Gasteiger partial charge in [0.1, 0.15) is 11.6 Å². The molecule has 2 aromatic rings. The van der Waals surface area contributed by atoms with Gasteiger partial charge in [-0.05, 0) is 56.4 Å². The minimum atomic E-state index is -3.61. The Morgan fingerprint density at radius 2 is 1.70 bits per heavy atom. The highest BCUT2D eigenvalue weighted by Gasteiger charge is 2.36. The van der Waals surface area contributed by atoms with Crippen molar-refractivity contribution in [1.82, 2.24) is 4.31 Å². The normalized spacial score (nSPS) is 18.3. The van der Waals surface area contributed by atoms with Crippen molar-refractivity contribution in [1.29, 1.82) is 0 Å². The van der Waals surface area contributed by atoms with E-state index in [-0.39, 0.29) is 35.5 Å². The zero-order chi connectivity index (χ0) is 21.5. The molecule has 2 aliphatic rings. The summed E-state index contributed by atoms with van der Waals surface area (Å²) in [6, 6.07) is 8.79. The largest absolute Gasteiger partial charge is 0.309 e. The van der Waals surface area contributed by atoms with Gasteiger partial charge in [0.15, 0.2) is 0 Å². The molecule has 5 nitrogen and oxygen atoms in total. The molecule has 160 valence electrons. The Bertz CT molecular complexity index is 1060. The number of carbonyl (C=O) groups excluding carboxylic acids is 1. The zero-order valence-electron chi connectivity index (χ0n) is 16.8. The number of fused-ring (bicyclic) bond motifs is 1. The number of rotatable bonds is 3. The van der Waals surface area contributed by atoms with Crippen LogP contribution in [0.5, 0.6) is 0 Å². The van der Waals surface area contributed by atoms with Crippen LogP contribution in [0.25, 0.3) is 0 Å². The minimum absolute atomic E-state index is 0.169. The number of benzene rings is 2. The zero-order valence-corrected chi connectivity index (χ0v) is 17.6. The summed E-state index contributed by atoms with van der Waals surface area (Å²) in [6.45, 7) is 2.75. The van der Waals surface area contributed by atoms with Crippen LogP contribution in [0.4, 0.5) is 14.5 Å². The van der Waals surface area contributed by atoms with Gasteiger partial charge in [0.2, 0.25) is 15.9 Å². The SMILES string of the molecule is Cc1ccc(S(=O)(=O)N2CCC(C(=O)N3CCCc4cc(F)cc(F)c43)CC2)cc1. The topological polar surface area (TPSA) is 57.7 Å². The molecule has 30 heavy (non-hydrogen) atoms. The van der Waals surface area contributed by atoms with Crippen molar-refractivity contribution in [2.24, 2.45) is 5.92 Å². The van der Waals surface area contributed by atoms with Gasteiger partial charge >= 0.3 is 0 Å². The first kappa shape index (κ1) is 20.9. The van der Waals surface area contributed by atoms with Crippen molar-refractivity contribution in [3.63, 3.8) is 0 Å². The minimum Gasteiger partial charge on any atom is -0.309 e. The second kappa shape index (κ2) is 8.07. The summed E-state index contributed by atoms with van der Waals surface area (Å²) in [6.07, 6.45) is 1.92. The van der Waals surface area contributed by atoms with Gasteiger partial charge < -0.3 is 4.90 Å². The molecule has 0 saturated carbocycles. The molecule has 0 bridgehead atoms. The van der Waals surface area contributed by atoms with Crippen LogP contribution < -0.4 is 4.90 Å². The summed E-state index contributed by atoms with van der Waals surface area (Å²) in [5.74, 6) is -1.97. The lowest BCUT2D eigenvalue weighted by Gasteiger charge is -2.36. The molecule has 0 N–H and O–H groups in total. The van der Waals surface area contributed by atoms with E-state index < -0.39 is 21.7 Å². The molecular weight excluding hydrogens is 410 g/mol. The Hall–Kier alpha value is -2.32. The smallest absolute Gasteiger partial charge is 0.243 e. The number of aryl methyl sites for hydroxylation is 2. The van der Waals surface area contributed by atoms with Crippen LogP contribution in [0.1, 0.15) is 30.4 Å². The van der Waals surface area contributed by atoms with Crippen molar-refractivity contribution in [3.8, 4) is 0 Å². The van der Waals surface area contributed by atoms with Gasteiger partial charge in [-0.15, -0.1) is 0 Å². The predicted octanol–water partition coefficient (Wildman–Crippen LogP) is 3.65. The third-order valence-corrected chi connectivity index (χ3v) is 7.85. The van der Waals surface area contributed by atoms with E-state index >= 15 is 0 Å². The van der Waals surface area contributed by atoms with Crippen LogP contribution in [0.2, 0.25) is 0 Å². The van der Waals surface area contributed by atoms with Crippen LogP contribution >= 0.6 is 0 Å². The number of halogens is 2. The van der Waals surface area contributed by atoms with E-state index in [1.54, 1.807) is 24.3 Å². The average Bonchev–Trinajstić information content (AvgIpc) is 2.73. The number of sulfonamides is 1. The molecule has 2 heterocycles. The highest BCUT2D eigenvalue weighted by Crippen LogP contribution is 2.34. The maximum atomic E-state index is 14.4. The second-order valence-electron chi connectivity index (χ2n) is 7.98. The van der Waals surface area contributed by atoms with E-state index in [0.717, 1.165) is 11.6 Å². The molecular formula is C22H24F2N2O3S. The Morgan fingerprint density at radius 3 is 2.37 bits per heavy atom. The maximum absolute atomic E-state index is 14.4. The third kappa shape index (κ3) is 3.86. The molecule has 0 radical (unpaired) electrons. The van der Waals surface area contributed by atoms with Crippen molar-refractivity contribution in [3.05, 3.63) is 59.2 Å². The van der Waals surface area contributed by atoms with Crippen molar-refractivity contribution in [2.75, 3.05) is 24.5 Å². The van der Waals surface area contributed by atoms with Gasteiger partial charge in [0.25, 0.3) is 0 Å². The van der Waals surface area contributed by atoms with Gasteiger partial charge in [-0.1, -0.05) is 17.7 Å². The Kier molecular flexibility index (Phi) is 5.63. The number of amides is 1. The molecule has 0 atom stereocenters. The maximum Gasteiger partial charge on any atom is 0.243 e. The van der Waals surface area contributed by atoms with E-state index in [1.807, 2.05) is 6.92 Å². The predicted molar refractivity (Wildman–Crippen MR) is 110 cm³/mol. The van der Waals surface area contributed by atoms with Gasteiger partial charge in [-0.25, -0.2) is 17.2 Å². The quantitative estimate of drug-likeness (QED) is 0.741. The summed E-state index contributed by atoms with van der Waals surface area (Å²) in [5.41, 5.74) is 1.65. The average molecular weight is 435 g/mol. The first-order valence-electron chi connectivity index (χ1n) is 10.1. The van der Waals surface area contributed by atoms with Gasteiger partial charge in [-0.3, -0.25) is 4.79 Å². The molecule has 2 aromatic carbocycles. The Balaban J connectivity index is 1.48. The fraction of sp³-hybridized carbons (Fsp3) is 0.409. The summed E-state index contributed by atoms with van der Waals surface area (Å²) >= 11 is 0. The lowest BCUT2D eigenvalue weighted by atomic mass is 9.93. The summed E-state index contributed by atoms with van der Waals surface area (Å²) in [7, 11) is -3.61. The van der Waals surface area contributed by atoms with Crippen LogP contribution in [0.15, 0.2) is 41.3 Å². The van der Waals surface area contributed by atoms with Crippen LogP contribution in [-0.4, -0.2) is 38.3 Å². The standard InChI is InChI=1S/C22H24F2N2O3S/c1-15-4-6-19(7-5-15)30(28,29)25-11-8-16(9-12-25)22(27)26-10-2-3-17-13-18(23)14-20(24)21(17)26/h4-7,13-14,16H,2-3,8-12H2,1H3. The molecule has 4 rings (SSSR count). The molecule has 0 unspecified atom stereocenters. The fourth-order valence-electron chi connectivity index (χ4n) is 4.29. The number of hydrogen-bond acceptors (Lipinski definition) is 3. The van der Waals surface area contributed by atoms with E-state index in [2.05, 4.69) is 0 Å². The first-order valence-corrected chi connectivity index (χ1v) is 11.6. The summed E-state index contributed by atoms with van der Waals surface area (Å²) in [4.78, 5) is 14.8. The van der Waals surface area contributed by atoms with E-state index in [1.165, 1.54) is 15.3 Å². The molecule has 0 spiro atoms. The monoisotopic (exact) mass is 434 g/mol. The van der Waals surface area contributed by atoms with Gasteiger partial charge in [-0.2, -0.15) is 4.31 Å². The van der Waals surface area contributed by atoms with Crippen LogP contribution in [0.3, 0.4) is 0 Å². The number of nitrogens with zero attached hydrogens (tertiary/aromatic N) is 2. The summed E-state index contributed by atoms with van der Waals surface area (Å²) in [5, 5.41) is 0. The molecule has 0 aliphatic carbocycles. The van der Waals surface area contributed by atoms with Crippen molar-refractivity contribution in [2.45, 2.75) is 37.5 Å². The van der Waals surface area contributed by atoms with E-state index in [9.17, 15) is 22.0 Å². The highest BCUT2D eigenvalue weighted by molar-refractivity contribution is 7.89. The Labute approximate surface area is 175 Å². The number of hydrogen-bond donors (Lipinski definition) is 0. The van der Waals surface area contributed by atoms with E-state index in [0.29, 0.717) is 37.8 Å². The number of carbonyl (C=O) groups is 1. The first-order chi connectivity index (χ1) is 14.3. The molecule has 0 aromatic heterocycles. The van der Waals surface area contributed by atoms with Crippen molar-refractivity contribution < 1.29 is 22.0 Å². The van der Waals surface area contributed by atoms with Gasteiger partial charge in [0.05, 0.1) is 10.6 Å². The van der Waals surface area contributed by atoms with Crippen molar-refractivity contribution >= 4 is 21.6 Å². The molecule has 2 aliphatic heterocycles.